The van der Waals surface area contributed by atoms with Crippen molar-refractivity contribution in [2.75, 3.05) is 12.4 Å². The van der Waals surface area contributed by atoms with Gasteiger partial charge in [-0.15, -0.1) is 11.3 Å². The summed E-state index contributed by atoms with van der Waals surface area (Å²) in [5, 5.41) is 3.45. The van der Waals surface area contributed by atoms with Crippen molar-refractivity contribution in [3.8, 4) is 16.3 Å². The Morgan fingerprint density at radius 1 is 1.11 bits per heavy atom. The van der Waals surface area contributed by atoms with Gasteiger partial charge in [-0.3, -0.25) is 4.79 Å². The Morgan fingerprint density at radius 3 is 2.57 bits per heavy atom. The second-order valence-electron chi connectivity index (χ2n) is 6.07. The number of amides is 1. The molecule has 0 spiro atoms. The number of hydrogen-bond donors (Lipinski definition) is 1. The molecule has 0 aliphatic rings. The van der Waals surface area contributed by atoms with E-state index >= 15 is 0 Å². The van der Waals surface area contributed by atoms with Gasteiger partial charge >= 0.3 is 5.97 Å². The first kappa shape index (κ1) is 19.6. The highest BCUT2D eigenvalue weighted by Crippen LogP contribution is 2.28. The lowest BCUT2D eigenvalue weighted by atomic mass is 10.2. The second kappa shape index (κ2) is 8.67. The molecule has 0 bridgehead atoms. The molecule has 0 aliphatic heterocycles. The maximum absolute atomic E-state index is 12.5. The zero-order valence-corrected chi connectivity index (χ0v) is 16.6. The summed E-state index contributed by atoms with van der Waals surface area (Å²) in [5.41, 5.74) is 2.07. The summed E-state index contributed by atoms with van der Waals surface area (Å²) < 4.78 is 10.5. The number of aromatic nitrogens is 1. The number of aryl methyl sites for hydroxylation is 1. The van der Waals surface area contributed by atoms with Gasteiger partial charge in [-0.05, 0) is 26.0 Å². The van der Waals surface area contributed by atoms with Crippen molar-refractivity contribution in [2.24, 2.45) is 0 Å². The summed E-state index contributed by atoms with van der Waals surface area (Å²) in [4.78, 5) is 29.7. The van der Waals surface area contributed by atoms with Gasteiger partial charge in [-0.25, -0.2) is 9.78 Å². The Balaban J connectivity index is 1.67. The molecule has 7 heteroatoms. The predicted molar refractivity (Wildman–Crippen MR) is 109 cm³/mol. The zero-order valence-electron chi connectivity index (χ0n) is 15.8. The molecule has 28 heavy (non-hydrogen) atoms. The van der Waals surface area contributed by atoms with Crippen LogP contribution in [0.4, 0.5) is 5.69 Å². The molecule has 0 unspecified atom stereocenters. The van der Waals surface area contributed by atoms with Crippen LogP contribution in [0.3, 0.4) is 0 Å². The van der Waals surface area contributed by atoms with Crippen LogP contribution in [0.5, 0.6) is 5.75 Å². The van der Waals surface area contributed by atoms with Crippen LogP contribution in [-0.4, -0.2) is 30.1 Å². The summed E-state index contributed by atoms with van der Waals surface area (Å²) in [6.45, 7) is 3.28. The number of nitrogens with one attached hydrogen (secondary N) is 1. The maximum atomic E-state index is 12.5. The summed E-state index contributed by atoms with van der Waals surface area (Å²) in [7, 11) is 1.55. The third-order valence-electron chi connectivity index (χ3n) is 3.99. The average Bonchev–Trinajstić information content (AvgIpc) is 3.10. The SMILES string of the molecule is COc1cccc(NC(=O)[C@@H](C)OC(=O)c2sc(-c3ccccc3)nc2C)c1. The summed E-state index contributed by atoms with van der Waals surface area (Å²) in [6.07, 6.45) is -0.958. The second-order valence-corrected chi connectivity index (χ2v) is 7.07. The van der Waals surface area contributed by atoms with E-state index in [9.17, 15) is 9.59 Å². The molecule has 0 saturated carbocycles. The first-order valence-electron chi connectivity index (χ1n) is 8.66. The summed E-state index contributed by atoms with van der Waals surface area (Å²) >= 11 is 1.25. The van der Waals surface area contributed by atoms with Crippen LogP contribution in [0, 0.1) is 6.92 Å². The number of carbonyl (C=O) groups is 2. The molecule has 6 nitrogen and oxygen atoms in total. The topological polar surface area (TPSA) is 77.5 Å². The van der Waals surface area contributed by atoms with E-state index in [1.165, 1.54) is 18.3 Å². The van der Waals surface area contributed by atoms with Gasteiger partial charge in [0.25, 0.3) is 5.91 Å². The highest BCUT2D eigenvalue weighted by molar-refractivity contribution is 7.17. The molecule has 2 aromatic carbocycles. The quantitative estimate of drug-likeness (QED) is 0.628. The van der Waals surface area contributed by atoms with Crippen molar-refractivity contribution >= 4 is 28.9 Å². The average molecular weight is 396 g/mol. The van der Waals surface area contributed by atoms with E-state index < -0.39 is 18.0 Å². The molecule has 144 valence electrons. The van der Waals surface area contributed by atoms with E-state index in [-0.39, 0.29) is 0 Å². The molecule has 1 N–H and O–H groups in total. The molecule has 1 aromatic heterocycles. The van der Waals surface area contributed by atoms with E-state index in [1.54, 1.807) is 38.3 Å². The largest absolute Gasteiger partial charge is 0.497 e. The van der Waals surface area contributed by atoms with Gasteiger partial charge in [0, 0.05) is 17.3 Å². The fourth-order valence-electron chi connectivity index (χ4n) is 2.50. The van der Waals surface area contributed by atoms with E-state index in [2.05, 4.69) is 10.3 Å². The highest BCUT2D eigenvalue weighted by atomic mass is 32.1. The minimum Gasteiger partial charge on any atom is -0.497 e. The van der Waals surface area contributed by atoms with Crippen LogP contribution in [0.2, 0.25) is 0 Å². The molecule has 3 rings (SSSR count). The Bertz CT molecular complexity index is 985. The van der Waals surface area contributed by atoms with Crippen LogP contribution in [0.25, 0.3) is 10.6 Å². The predicted octanol–water partition coefficient (Wildman–Crippen LogP) is 4.31. The fraction of sp³-hybridized carbons (Fsp3) is 0.190. The highest BCUT2D eigenvalue weighted by Gasteiger charge is 2.23. The molecule has 3 aromatic rings. The van der Waals surface area contributed by atoms with Gasteiger partial charge in [-0.2, -0.15) is 0 Å². The van der Waals surface area contributed by atoms with Crippen LogP contribution in [-0.2, 0) is 9.53 Å². The van der Waals surface area contributed by atoms with E-state index in [1.807, 2.05) is 30.3 Å². The first-order valence-corrected chi connectivity index (χ1v) is 9.48. The van der Waals surface area contributed by atoms with Gasteiger partial charge in [-0.1, -0.05) is 36.4 Å². The number of esters is 1. The number of nitrogens with zero attached hydrogens (tertiary/aromatic N) is 1. The third kappa shape index (κ3) is 4.55. The van der Waals surface area contributed by atoms with Crippen LogP contribution in [0.15, 0.2) is 54.6 Å². The molecular formula is C21H20N2O4S. The number of hydrogen-bond acceptors (Lipinski definition) is 6. The van der Waals surface area contributed by atoms with Gasteiger partial charge in [0.1, 0.15) is 15.6 Å². The monoisotopic (exact) mass is 396 g/mol. The smallest absolute Gasteiger partial charge is 0.351 e. The molecule has 0 radical (unpaired) electrons. The summed E-state index contributed by atoms with van der Waals surface area (Å²) in [6, 6.07) is 16.5. The molecular weight excluding hydrogens is 376 g/mol. The maximum Gasteiger partial charge on any atom is 0.351 e. The number of carbonyl (C=O) groups excluding carboxylic acids is 2. The van der Waals surface area contributed by atoms with E-state index in [0.717, 1.165) is 10.6 Å². The van der Waals surface area contributed by atoms with Crippen molar-refractivity contribution in [1.82, 2.24) is 4.98 Å². The molecule has 1 atom stereocenters. The standard InChI is InChI=1S/C21H20N2O4S/c1-13-18(28-20(22-13)15-8-5-4-6-9-15)21(25)27-14(2)19(24)23-16-10-7-11-17(12-16)26-3/h4-12,14H,1-3H3,(H,23,24)/t14-/m1/s1. The van der Waals surface area contributed by atoms with Gasteiger partial charge < -0.3 is 14.8 Å². The molecule has 0 saturated heterocycles. The Morgan fingerprint density at radius 2 is 1.86 bits per heavy atom. The lowest BCUT2D eigenvalue weighted by Gasteiger charge is -2.13. The lowest BCUT2D eigenvalue weighted by molar-refractivity contribution is -0.123. The van der Waals surface area contributed by atoms with Crippen molar-refractivity contribution in [1.29, 1.82) is 0 Å². The number of anilines is 1. The van der Waals surface area contributed by atoms with Crippen molar-refractivity contribution < 1.29 is 19.1 Å². The molecule has 1 heterocycles. The fourth-order valence-corrected chi connectivity index (χ4v) is 3.46. The lowest BCUT2D eigenvalue weighted by Crippen LogP contribution is -2.29. The number of methoxy groups -OCH3 is 1. The number of benzene rings is 2. The Hall–Kier alpha value is -3.19. The van der Waals surface area contributed by atoms with Crippen LogP contribution < -0.4 is 10.1 Å². The first-order chi connectivity index (χ1) is 13.5. The minimum absolute atomic E-state index is 0.389. The van der Waals surface area contributed by atoms with Crippen molar-refractivity contribution in [3.05, 3.63) is 65.2 Å². The van der Waals surface area contributed by atoms with Crippen molar-refractivity contribution in [3.63, 3.8) is 0 Å². The summed E-state index contributed by atoms with van der Waals surface area (Å²) in [5.74, 6) is -0.367. The van der Waals surface area contributed by atoms with Gasteiger partial charge in [0.05, 0.1) is 12.8 Å². The van der Waals surface area contributed by atoms with Crippen molar-refractivity contribution in [2.45, 2.75) is 20.0 Å². The van der Waals surface area contributed by atoms with Gasteiger partial charge in [0.15, 0.2) is 6.10 Å². The number of ether oxygens (including phenoxy) is 2. The molecule has 1 amide bonds. The molecule has 0 aliphatic carbocycles. The van der Waals surface area contributed by atoms with Crippen LogP contribution in [0.1, 0.15) is 22.3 Å². The third-order valence-corrected chi connectivity index (χ3v) is 5.18. The number of thiazole rings is 1. The van der Waals surface area contributed by atoms with Crippen LogP contribution >= 0.6 is 11.3 Å². The number of rotatable bonds is 6. The Kier molecular flexibility index (Phi) is 6.06. The molecule has 0 fully saturated rings. The zero-order chi connectivity index (χ0) is 20.1. The Labute approximate surface area is 167 Å². The van der Waals surface area contributed by atoms with Gasteiger partial charge in [0.2, 0.25) is 0 Å². The minimum atomic E-state index is -0.958. The van der Waals surface area contributed by atoms with E-state index in [0.29, 0.717) is 22.0 Å². The normalized spacial score (nSPS) is 11.5. The van der Waals surface area contributed by atoms with E-state index in [4.69, 9.17) is 9.47 Å².